The van der Waals surface area contributed by atoms with Gasteiger partial charge in [0.1, 0.15) is 5.75 Å². The number of hydrogen-bond donors (Lipinski definition) is 1. The Morgan fingerprint density at radius 2 is 2.21 bits per heavy atom. The molecule has 19 heavy (non-hydrogen) atoms. The number of rotatable bonds is 5. The normalized spacial score (nSPS) is 12.2. The van der Waals surface area contributed by atoms with Crippen LogP contribution in [0.3, 0.4) is 0 Å². The Kier molecular flexibility index (Phi) is 4.77. The summed E-state index contributed by atoms with van der Waals surface area (Å²) >= 11 is 5.96. The summed E-state index contributed by atoms with van der Waals surface area (Å²) in [6.45, 7) is 0. The average Bonchev–Trinajstić information content (AvgIpc) is 2.46. The molecule has 0 spiro atoms. The van der Waals surface area contributed by atoms with Gasteiger partial charge in [-0.15, -0.1) is 0 Å². The zero-order valence-electron chi connectivity index (χ0n) is 10.7. The molecule has 0 radical (unpaired) electrons. The zero-order chi connectivity index (χ0) is 13.7. The van der Waals surface area contributed by atoms with Gasteiger partial charge in [-0.05, 0) is 42.7 Å². The second kappa shape index (κ2) is 6.55. The molecule has 0 saturated heterocycles. The van der Waals surface area contributed by atoms with E-state index in [4.69, 9.17) is 16.3 Å². The Bertz CT molecular complexity index is 531. The van der Waals surface area contributed by atoms with Gasteiger partial charge in [-0.25, -0.2) is 0 Å². The van der Waals surface area contributed by atoms with Gasteiger partial charge < -0.3 is 9.84 Å². The van der Waals surface area contributed by atoms with Crippen molar-refractivity contribution in [3.63, 3.8) is 0 Å². The monoisotopic (exact) mass is 277 g/mol. The molecule has 1 atom stereocenters. The molecule has 1 unspecified atom stereocenters. The molecule has 0 aliphatic heterocycles. The van der Waals surface area contributed by atoms with Crippen LogP contribution in [-0.2, 0) is 6.42 Å². The fraction of sp³-hybridized carbons (Fsp3) is 0.267. The molecule has 0 amide bonds. The molecular formula is C15H16ClNO2. The van der Waals surface area contributed by atoms with Crippen molar-refractivity contribution in [2.24, 2.45) is 0 Å². The highest BCUT2D eigenvalue weighted by Crippen LogP contribution is 2.30. The molecule has 1 aromatic heterocycles. The first-order valence-corrected chi connectivity index (χ1v) is 6.49. The number of ether oxygens (including phenoxy) is 1. The summed E-state index contributed by atoms with van der Waals surface area (Å²) in [5.41, 5.74) is 1.82. The van der Waals surface area contributed by atoms with E-state index < -0.39 is 6.10 Å². The molecule has 100 valence electrons. The smallest absolute Gasteiger partial charge is 0.124 e. The maximum Gasteiger partial charge on any atom is 0.124 e. The van der Waals surface area contributed by atoms with Crippen LogP contribution in [0.25, 0.3) is 0 Å². The molecule has 1 heterocycles. The zero-order valence-corrected chi connectivity index (χ0v) is 11.5. The Morgan fingerprint density at radius 1 is 1.37 bits per heavy atom. The van der Waals surface area contributed by atoms with Crippen molar-refractivity contribution in [1.82, 2.24) is 4.98 Å². The van der Waals surface area contributed by atoms with E-state index in [0.29, 0.717) is 17.2 Å². The fourth-order valence-corrected chi connectivity index (χ4v) is 2.15. The predicted octanol–water partition coefficient (Wildman–Crippen LogP) is 3.41. The highest BCUT2D eigenvalue weighted by molar-refractivity contribution is 6.30. The first-order chi connectivity index (χ1) is 9.20. The number of aliphatic hydroxyl groups excluding tert-OH is 1. The van der Waals surface area contributed by atoms with Gasteiger partial charge in [0.05, 0.1) is 13.2 Å². The number of methoxy groups -OCH3 is 1. The summed E-state index contributed by atoms with van der Waals surface area (Å²) in [5.74, 6) is 0.656. The lowest BCUT2D eigenvalue weighted by atomic mass is 10.0. The topological polar surface area (TPSA) is 42.4 Å². The molecular weight excluding hydrogens is 262 g/mol. The lowest BCUT2D eigenvalue weighted by molar-refractivity contribution is 0.163. The number of aliphatic hydroxyl groups is 1. The van der Waals surface area contributed by atoms with E-state index in [2.05, 4.69) is 4.98 Å². The van der Waals surface area contributed by atoms with Crippen molar-refractivity contribution in [2.45, 2.75) is 18.9 Å². The number of aromatic nitrogens is 1. The van der Waals surface area contributed by atoms with Gasteiger partial charge in [-0.2, -0.15) is 0 Å². The van der Waals surface area contributed by atoms with E-state index in [0.717, 1.165) is 17.5 Å². The van der Waals surface area contributed by atoms with Gasteiger partial charge in [0, 0.05) is 23.0 Å². The van der Waals surface area contributed by atoms with E-state index in [-0.39, 0.29) is 0 Å². The van der Waals surface area contributed by atoms with Crippen molar-refractivity contribution < 1.29 is 9.84 Å². The minimum atomic E-state index is -0.603. The van der Waals surface area contributed by atoms with Gasteiger partial charge in [-0.1, -0.05) is 17.7 Å². The molecule has 0 aliphatic rings. The van der Waals surface area contributed by atoms with Crippen molar-refractivity contribution in [1.29, 1.82) is 0 Å². The van der Waals surface area contributed by atoms with Crippen molar-refractivity contribution in [3.8, 4) is 5.75 Å². The molecule has 0 bridgehead atoms. The van der Waals surface area contributed by atoms with Crippen LogP contribution < -0.4 is 4.74 Å². The van der Waals surface area contributed by atoms with Crippen LogP contribution in [-0.4, -0.2) is 17.2 Å². The molecule has 3 nitrogen and oxygen atoms in total. The third-order valence-corrected chi connectivity index (χ3v) is 3.22. The molecule has 2 aromatic rings. The van der Waals surface area contributed by atoms with Crippen molar-refractivity contribution >= 4 is 11.6 Å². The van der Waals surface area contributed by atoms with E-state index in [1.807, 2.05) is 18.3 Å². The van der Waals surface area contributed by atoms with Crippen molar-refractivity contribution in [2.75, 3.05) is 7.11 Å². The molecule has 4 heteroatoms. The molecule has 1 N–H and O–H groups in total. The highest BCUT2D eigenvalue weighted by atomic mass is 35.5. The summed E-state index contributed by atoms with van der Waals surface area (Å²) in [4.78, 5) is 4.06. The summed E-state index contributed by atoms with van der Waals surface area (Å²) < 4.78 is 5.24. The van der Waals surface area contributed by atoms with E-state index in [1.165, 1.54) is 0 Å². The van der Waals surface area contributed by atoms with Gasteiger partial charge in [-0.3, -0.25) is 4.98 Å². The van der Waals surface area contributed by atoms with Gasteiger partial charge in [0.15, 0.2) is 0 Å². The first kappa shape index (κ1) is 13.8. The van der Waals surface area contributed by atoms with E-state index >= 15 is 0 Å². The van der Waals surface area contributed by atoms with Gasteiger partial charge >= 0.3 is 0 Å². The van der Waals surface area contributed by atoms with Crippen LogP contribution in [0.1, 0.15) is 23.7 Å². The van der Waals surface area contributed by atoms with E-state index in [9.17, 15) is 5.11 Å². The lowest BCUT2D eigenvalue weighted by Crippen LogP contribution is -2.02. The fourth-order valence-electron chi connectivity index (χ4n) is 1.97. The highest BCUT2D eigenvalue weighted by Gasteiger charge is 2.14. The molecule has 0 aliphatic carbocycles. The van der Waals surface area contributed by atoms with Crippen LogP contribution in [0, 0.1) is 0 Å². The first-order valence-electron chi connectivity index (χ1n) is 6.11. The third kappa shape index (κ3) is 3.69. The van der Waals surface area contributed by atoms with Crippen LogP contribution in [0.4, 0.5) is 0 Å². The predicted molar refractivity (Wildman–Crippen MR) is 75.5 cm³/mol. The average molecular weight is 278 g/mol. The number of halogens is 1. The Hall–Kier alpha value is -1.58. The Labute approximate surface area is 117 Å². The Balaban J connectivity index is 2.07. The van der Waals surface area contributed by atoms with Gasteiger partial charge in [0.2, 0.25) is 0 Å². The maximum absolute atomic E-state index is 10.3. The maximum atomic E-state index is 10.3. The lowest BCUT2D eigenvalue weighted by Gasteiger charge is -2.15. The van der Waals surface area contributed by atoms with Crippen LogP contribution in [0.2, 0.25) is 5.02 Å². The quantitative estimate of drug-likeness (QED) is 0.911. The van der Waals surface area contributed by atoms with Crippen molar-refractivity contribution in [3.05, 3.63) is 58.9 Å². The summed E-state index contributed by atoms with van der Waals surface area (Å²) in [6, 6.07) is 9.15. The van der Waals surface area contributed by atoms with E-state index in [1.54, 1.807) is 31.5 Å². The standard InChI is InChI=1S/C15H16ClNO2/c1-19-15-7-5-12(16)9-13(15)14(18)6-4-11-3-2-8-17-10-11/h2-3,5,7-10,14,18H,4,6H2,1H3. The summed E-state index contributed by atoms with van der Waals surface area (Å²) in [7, 11) is 1.58. The number of benzene rings is 1. The minimum Gasteiger partial charge on any atom is -0.496 e. The van der Waals surface area contributed by atoms with Crippen LogP contribution in [0.5, 0.6) is 5.75 Å². The van der Waals surface area contributed by atoms with Crippen LogP contribution >= 0.6 is 11.6 Å². The second-order valence-electron chi connectivity index (χ2n) is 4.30. The largest absolute Gasteiger partial charge is 0.496 e. The third-order valence-electron chi connectivity index (χ3n) is 2.98. The number of aryl methyl sites for hydroxylation is 1. The van der Waals surface area contributed by atoms with Gasteiger partial charge in [0.25, 0.3) is 0 Å². The van der Waals surface area contributed by atoms with Crippen LogP contribution in [0.15, 0.2) is 42.7 Å². The number of hydrogen-bond acceptors (Lipinski definition) is 3. The summed E-state index contributed by atoms with van der Waals surface area (Å²) in [5, 5.41) is 10.9. The SMILES string of the molecule is COc1ccc(Cl)cc1C(O)CCc1cccnc1. The number of nitrogens with zero attached hydrogens (tertiary/aromatic N) is 1. The minimum absolute atomic E-state index is 0.594. The second-order valence-corrected chi connectivity index (χ2v) is 4.74. The molecule has 0 saturated carbocycles. The summed E-state index contributed by atoms with van der Waals surface area (Å²) in [6.07, 6.45) is 4.29. The Morgan fingerprint density at radius 3 is 2.89 bits per heavy atom. The molecule has 0 fully saturated rings. The number of pyridine rings is 1. The molecule has 2 rings (SSSR count). The molecule has 1 aromatic carbocycles.